The molecule has 6 heteroatoms. The summed E-state index contributed by atoms with van der Waals surface area (Å²) in [5, 5.41) is 11.5. The third-order valence-electron chi connectivity index (χ3n) is 2.32. The number of rotatable bonds is 2. The fourth-order valence-electron chi connectivity index (χ4n) is 1.43. The van der Waals surface area contributed by atoms with Crippen LogP contribution in [-0.4, -0.2) is 27.6 Å². The molecule has 2 aromatic rings. The van der Waals surface area contributed by atoms with Crippen molar-refractivity contribution in [1.29, 1.82) is 0 Å². The molecule has 0 fully saturated rings. The van der Waals surface area contributed by atoms with E-state index in [-0.39, 0.29) is 18.5 Å². The number of nitrogens with one attached hydrogen (secondary N) is 1. The van der Waals surface area contributed by atoms with Gasteiger partial charge >= 0.3 is 0 Å². The van der Waals surface area contributed by atoms with Crippen molar-refractivity contribution in [3.8, 4) is 11.8 Å². The number of hydrogen-bond acceptors (Lipinski definition) is 4. The molecule has 20 heavy (non-hydrogen) atoms. The summed E-state index contributed by atoms with van der Waals surface area (Å²) in [6.45, 7) is -0.246. The topological polar surface area (TPSA) is 75.1 Å². The van der Waals surface area contributed by atoms with Crippen molar-refractivity contribution in [2.24, 2.45) is 0 Å². The van der Waals surface area contributed by atoms with E-state index < -0.39 is 0 Å². The maximum atomic E-state index is 12.0. The summed E-state index contributed by atoms with van der Waals surface area (Å²) in [4.78, 5) is 19.8. The average Bonchev–Trinajstić information content (AvgIpc) is 2.47. The molecule has 1 aromatic carbocycles. The van der Waals surface area contributed by atoms with Crippen LogP contribution in [0.15, 0.2) is 36.7 Å². The second-order valence-electron chi connectivity index (χ2n) is 3.68. The molecule has 100 valence electrons. The Labute approximate surface area is 120 Å². The standard InChI is InChI=1S/C14H10ClN3O2/c15-12-9-11(5-4-10(12)3-1-8-19)13(20)18-14-16-6-2-7-17-14/h2,4-7,9,19H,8H2,(H,16,17,18,20). The largest absolute Gasteiger partial charge is 0.384 e. The first kappa shape index (κ1) is 14.0. The molecule has 0 aliphatic carbocycles. The predicted octanol–water partition coefficient (Wildman–Crippen LogP) is 1.73. The van der Waals surface area contributed by atoms with Crippen LogP contribution in [0.2, 0.25) is 5.02 Å². The molecule has 0 aliphatic rings. The Kier molecular flexibility index (Phi) is 4.66. The number of hydrogen-bond donors (Lipinski definition) is 2. The Morgan fingerprint density at radius 2 is 2.10 bits per heavy atom. The van der Waals surface area contributed by atoms with Crippen LogP contribution in [0.1, 0.15) is 15.9 Å². The van der Waals surface area contributed by atoms with Gasteiger partial charge < -0.3 is 5.11 Å². The van der Waals surface area contributed by atoms with Gasteiger partial charge in [0.2, 0.25) is 5.95 Å². The van der Waals surface area contributed by atoms with Crippen molar-refractivity contribution in [2.45, 2.75) is 0 Å². The molecule has 0 atom stereocenters. The second-order valence-corrected chi connectivity index (χ2v) is 4.09. The highest BCUT2D eigenvalue weighted by Gasteiger charge is 2.09. The highest BCUT2D eigenvalue weighted by atomic mass is 35.5. The molecule has 1 heterocycles. The number of nitrogens with zero attached hydrogens (tertiary/aromatic N) is 2. The van der Waals surface area contributed by atoms with Crippen LogP contribution in [-0.2, 0) is 0 Å². The summed E-state index contributed by atoms with van der Waals surface area (Å²) in [5.41, 5.74) is 0.922. The van der Waals surface area contributed by atoms with Crippen molar-refractivity contribution in [3.05, 3.63) is 52.8 Å². The first-order valence-electron chi connectivity index (χ1n) is 5.68. The maximum absolute atomic E-state index is 12.0. The number of aliphatic hydroxyl groups excluding tert-OH is 1. The normalized spacial score (nSPS) is 9.50. The number of carbonyl (C=O) groups excluding carboxylic acids is 1. The second kappa shape index (κ2) is 6.66. The lowest BCUT2D eigenvalue weighted by Crippen LogP contribution is -2.13. The van der Waals surface area contributed by atoms with E-state index in [4.69, 9.17) is 16.7 Å². The van der Waals surface area contributed by atoms with Crippen LogP contribution in [0.4, 0.5) is 5.95 Å². The van der Waals surface area contributed by atoms with Gasteiger partial charge in [-0.3, -0.25) is 10.1 Å². The maximum Gasteiger partial charge on any atom is 0.258 e. The number of aliphatic hydroxyl groups is 1. The SMILES string of the molecule is O=C(Nc1ncccn1)c1ccc(C#CCO)c(Cl)c1. The van der Waals surface area contributed by atoms with Crippen molar-refractivity contribution < 1.29 is 9.90 Å². The fraction of sp³-hybridized carbons (Fsp3) is 0.0714. The molecule has 2 N–H and O–H groups in total. The van der Waals surface area contributed by atoms with E-state index in [9.17, 15) is 4.79 Å². The molecule has 0 bridgehead atoms. The molecular weight excluding hydrogens is 278 g/mol. The summed E-state index contributed by atoms with van der Waals surface area (Å²) < 4.78 is 0. The van der Waals surface area contributed by atoms with E-state index in [2.05, 4.69) is 27.1 Å². The zero-order chi connectivity index (χ0) is 14.4. The molecule has 0 spiro atoms. The number of halogens is 1. The molecule has 0 saturated carbocycles. The smallest absolute Gasteiger partial charge is 0.258 e. The minimum atomic E-state index is -0.361. The van der Waals surface area contributed by atoms with Gasteiger partial charge in [0.1, 0.15) is 6.61 Å². The zero-order valence-corrected chi connectivity index (χ0v) is 11.1. The first-order valence-corrected chi connectivity index (χ1v) is 6.06. The summed E-state index contributed by atoms with van der Waals surface area (Å²) in [5.74, 6) is 5.04. The number of carbonyl (C=O) groups is 1. The Morgan fingerprint density at radius 1 is 1.35 bits per heavy atom. The monoisotopic (exact) mass is 287 g/mol. The minimum absolute atomic E-state index is 0.220. The quantitative estimate of drug-likeness (QED) is 0.825. The van der Waals surface area contributed by atoms with Gasteiger partial charge in [-0.2, -0.15) is 0 Å². The van der Waals surface area contributed by atoms with Gasteiger partial charge in [-0.25, -0.2) is 9.97 Å². The van der Waals surface area contributed by atoms with Gasteiger partial charge in [-0.15, -0.1) is 0 Å². The number of benzene rings is 1. The highest BCUT2D eigenvalue weighted by Crippen LogP contribution is 2.17. The van der Waals surface area contributed by atoms with Crippen LogP contribution in [0.5, 0.6) is 0 Å². The lowest BCUT2D eigenvalue weighted by Gasteiger charge is -2.04. The van der Waals surface area contributed by atoms with Crippen molar-refractivity contribution in [2.75, 3.05) is 11.9 Å². The van der Waals surface area contributed by atoms with Crippen LogP contribution in [0.3, 0.4) is 0 Å². The molecule has 5 nitrogen and oxygen atoms in total. The Bertz CT molecular complexity index is 678. The van der Waals surface area contributed by atoms with E-state index in [1.165, 1.54) is 18.5 Å². The van der Waals surface area contributed by atoms with Crippen LogP contribution in [0, 0.1) is 11.8 Å². The minimum Gasteiger partial charge on any atom is -0.384 e. The van der Waals surface area contributed by atoms with Gasteiger partial charge in [0, 0.05) is 23.5 Å². The van der Waals surface area contributed by atoms with Crippen LogP contribution < -0.4 is 5.32 Å². The molecule has 1 amide bonds. The molecule has 1 aromatic heterocycles. The molecule has 0 saturated heterocycles. The van der Waals surface area contributed by atoms with E-state index >= 15 is 0 Å². The Hall–Kier alpha value is -2.42. The van der Waals surface area contributed by atoms with Gasteiger partial charge in [0.15, 0.2) is 0 Å². The molecule has 2 rings (SSSR count). The Morgan fingerprint density at radius 3 is 2.75 bits per heavy atom. The summed E-state index contributed by atoms with van der Waals surface area (Å²) in [6, 6.07) is 6.36. The van der Waals surface area contributed by atoms with E-state index in [0.29, 0.717) is 16.1 Å². The molecular formula is C14H10ClN3O2. The number of amides is 1. The number of anilines is 1. The summed E-state index contributed by atoms with van der Waals surface area (Å²) in [7, 11) is 0. The van der Waals surface area contributed by atoms with Gasteiger partial charge in [-0.1, -0.05) is 23.4 Å². The van der Waals surface area contributed by atoms with E-state index in [0.717, 1.165) is 0 Å². The lowest BCUT2D eigenvalue weighted by molar-refractivity contribution is 0.102. The van der Waals surface area contributed by atoms with Crippen LogP contribution in [0.25, 0.3) is 0 Å². The summed E-state index contributed by atoms with van der Waals surface area (Å²) in [6.07, 6.45) is 3.06. The third kappa shape index (κ3) is 3.54. The van der Waals surface area contributed by atoms with Crippen molar-refractivity contribution in [3.63, 3.8) is 0 Å². The molecule has 0 aliphatic heterocycles. The fourth-order valence-corrected chi connectivity index (χ4v) is 1.66. The highest BCUT2D eigenvalue weighted by molar-refractivity contribution is 6.32. The van der Waals surface area contributed by atoms with Crippen molar-refractivity contribution in [1.82, 2.24) is 9.97 Å². The van der Waals surface area contributed by atoms with Crippen LogP contribution >= 0.6 is 11.6 Å². The average molecular weight is 288 g/mol. The van der Waals surface area contributed by atoms with E-state index in [1.54, 1.807) is 18.2 Å². The van der Waals surface area contributed by atoms with Gasteiger partial charge in [-0.05, 0) is 24.3 Å². The van der Waals surface area contributed by atoms with Gasteiger partial charge in [0.05, 0.1) is 5.02 Å². The Balaban J connectivity index is 2.17. The predicted molar refractivity (Wildman–Crippen MR) is 75.4 cm³/mol. The molecule has 0 unspecified atom stereocenters. The number of aromatic nitrogens is 2. The first-order chi connectivity index (χ1) is 9.70. The molecule has 0 radical (unpaired) electrons. The third-order valence-corrected chi connectivity index (χ3v) is 2.64. The zero-order valence-electron chi connectivity index (χ0n) is 10.3. The summed E-state index contributed by atoms with van der Waals surface area (Å²) >= 11 is 6.02. The van der Waals surface area contributed by atoms with Gasteiger partial charge in [0.25, 0.3) is 5.91 Å². The van der Waals surface area contributed by atoms with Crippen molar-refractivity contribution >= 4 is 23.5 Å². The van der Waals surface area contributed by atoms with E-state index in [1.807, 2.05) is 0 Å². The lowest BCUT2D eigenvalue weighted by atomic mass is 10.1.